The highest BCUT2D eigenvalue weighted by Gasteiger charge is 2.29. The fraction of sp³-hybridized carbons (Fsp3) is 0.923. The molecule has 1 aliphatic heterocycles. The first kappa shape index (κ1) is 16.6. The van der Waals surface area contributed by atoms with E-state index in [1.165, 1.54) is 10.6 Å². The fourth-order valence-electron chi connectivity index (χ4n) is 2.58. The van der Waals surface area contributed by atoms with Gasteiger partial charge >= 0.3 is 0 Å². The van der Waals surface area contributed by atoms with E-state index in [1.54, 1.807) is 7.11 Å². The Morgan fingerprint density at radius 3 is 2.68 bits per heavy atom. The predicted octanol–water partition coefficient (Wildman–Crippen LogP) is 1.43. The highest BCUT2D eigenvalue weighted by Crippen LogP contribution is 2.23. The van der Waals surface area contributed by atoms with Crippen molar-refractivity contribution >= 4 is 15.8 Å². The molecular formula is C13H25NO4S. The first-order valence-electron chi connectivity index (χ1n) is 6.89. The van der Waals surface area contributed by atoms with Crippen LogP contribution in [0.1, 0.15) is 39.0 Å². The molecule has 0 bridgehead atoms. The Balaban J connectivity index is 2.54. The lowest BCUT2D eigenvalue weighted by molar-refractivity contribution is -0.130. The second-order valence-corrected chi connectivity index (χ2v) is 7.30. The summed E-state index contributed by atoms with van der Waals surface area (Å²) in [6.07, 6.45) is 4.70. The minimum absolute atomic E-state index is 0.102. The minimum atomic E-state index is -3.14. The first-order chi connectivity index (χ1) is 8.88. The second-order valence-electron chi connectivity index (χ2n) is 5.31. The Morgan fingerprint density at radius 1 is 1.47 bits per heavy atom. The molecule has 0 spiro atoms. The topological polar surface area (TPSA) is 63.7 Å². The van der Waals surface area contributed by atoms with E-state index < -0.39 is 10.0 Å². The van der Waals surface area contributed by atoms with Crippen LogP contribution < -0.4 is 0 Å². The van der Waals surface area contributed by atoms with Crippen molar-refractivity contribution in [3.63, 3.8) is 0 Å². The van der Waals surface area contributed by atoms with Crippen LogP contribution in [0.3, 0.4) is 0 Å². The zero-order valence-electron chi connectivity index (χ0n) is 12.1. The largest absolute Gasteiger partial charge is 0.374 e. The lowest BCUT2D eigenvalue weighted by Crippen LogP contribution is -2.40. The number of Topliss-reactive ketones (excluding diaryl/α,β-unsaturated/α-hetero) is 1. The van der Waals surface area contributed by atoms with Gasteiger partial charge in [0.25, 0.3) is 0 Å². The Morgan fingerprint density at radius 2 is 2.16 bits per heavy atom. The number of rotatable bonds is 7. The quantitative estimate of drug-likeness (QED) is 0.712. The number of nitrogens with zero attached hydrogens (tertiary/aromatic N) is 1. The molecule has 5 nitrogen and oxygen atoms in total. The number of piperidine rings is 1. The van der Waals surface area contributed by atoms with Gasteiger partial charge < -0.3 is 4.74 Å². The number of hydrogen-bond donors (Lipinski definition) is 0. The van der Waals surface area contributed by atoms with Crippen molar-refractivity contribution < 1.29 is 17.9 Å². The average molecular weight is 291 g/mol. The normalized spacial score (nSPS) is 23.2. The van der Waals surface area contributed by atoms with Crippen molar-refractivity contribution in [1.82, 2.24) is 4.31 Å². The van der Waals surface area contributed by atoms with Crippen LogP contribution in [0.15, 0.2) is 0 Å². The molecule has 1 rings (SSSR count). The van der Waals surface area contributed by atoms with Crippen LogP contribution in [0.2, 0.25) is 0 Å². The molecule has 112 valence electrons. The van der Waals surface area contributed by atoms with Crippen LogP contribution in [0.5, 0.6) is 0 Å². The van der Waals surface area contributed by atoms with Crippen LogP contribution in [-0.2, 0) is 19.6 Å². The second kappa shape index (κ2) is 7.36. The van der Waals surface area contributed by atoms with Gasteiger partial charge in [-0.25, -0.2) is 12.7 Å². The van der Waals surface area contributed by atoms with Gasteiger partial charge in [-0.05, 0) is 25.2 Å². The maximum absolute atomic E-state index is 12.1. The third-order valence-corrected chi connectivity index (χ3v) is 4.90. The number of ketones is 1. The van der Waals surface area contributed by atoms with Crippen molar-refractivity contribution in [2.45, 2.75) is 45.1 Å². The SMILES string of the molecule is CCCC(OC)C(=O)CC1CCCN(S(C)(=O)=O)C1. The molecule has 1 aliphatic rings. The highest BCUT2D eigenvalue weighted by molar-refractivity contribution is 7.88. The Labute approximate surface area is 116 Å². The predicted molar refractivity (Wildman–Crippen MR) is 74.5 cm³/mol. The number of carbonyl (C=O) groups excluding carboxylic acids is 1. The molecule has 1 heterocycles. The van der Waals surface area contributed by atoms with E-state index in [0.717, 1.165) is 25.7 Å². The Kier molecular flexibility index (Phi) is 6.42. The molecule has 1 saturated heterocycles. The molecule has 0 aromatic heterocycles. The summed E-state index contributed by atoms with van der Waals surface area (Å²) in [6, 6.07) is 0. The molecule has 0 saturated carbocycles. The summed E-state index contributed by atoms with van der Waals surface area (Å²) in [7, 11) is -1.58. The van der Waals surface area contributed by atoms with Crippen LogP contribution >= 0.6 is 0 Å². The Hall–Kier alpha value is -0.460. The van der Waals surface area contributed by atoms with Gasteiger partial charge in [0.1, 0.15) is 6.10 Å². The molecule has 2 unspecified atom stereocenters. The summed E-state index contributed by atoms with van der Waals surface area (Å²) < 4.78 is 29.7. The first-order valence-corrected chi connectivity index (χ1v) is 8.74. The van der Waals surface area contributed by atoms with Crippen molar-refractivity contribution in [1.29, 1.82) is 0 Å². The lowest BCUT2D eigenvalue weighted by Gasteiger charge is -2.31. The fourth-order valence-corrected chi connectivity index (χ4v) is 3.53. The summed E-state index contributed by atoms with van der Waals surface area (Å²) in [6.45, 7) is 3.06. The maximum atomic E-state index is 12.1. The van der Waals surface area contributed by atoms with Gasteiger partial charge in [-0.15, -0.1) is 0 Å². The molecule has 0 amide bonds. The van der Waals surface area contributed by atoms with Crippen molar-refractivity contribution in [2.75, 3.05) is 26.5 Å². The van der Waals surface area contributed by atoms with Gasteiger partial charge in [0.2, 0.25) is 10.0 Å². The molecule has 0 radical (unpaired) electrons. The zero-order valence-corrected chi connectivity index (χ0v) is 12.9. The van der Waals surface area contributed by atoms with E-state index in [1.807, 2.05) is 6.92 Å². The van der Waals surface area contributed by atoms with Gasteiger partial charge in [0.15, 0.2) is 5.78 Å². The van der Waals surface area contributed by atoms with Crippen LogP contribution in [-0.4, -0.2) is 51.1 Å². The molecule has 6 heteroatoms. The van der Waals surface area contributed by atoms with Gasteiger partial charge in [-0.3, -0.25) is 4.79 Å². The van der Waals surface area contributed by atoms with E-state index in [-0.39, 0.29) is 17.8 Å². The van der Waals surface area contributed by atoms with Crippen molar-refractivity contribution in [3.05, 3.63) is 0 Å². The molecule has 0 aromatic carbocycles. The minimum Gasteiger partial charge on any atom is -0.374 e. The van der Waals surface area contributed by atoms with E-state index in [2.05, 4.69) is 0 Å². The monoisotopic (exact) mass is 291 g/mol. The Bertz CT molecular complexity index is 393. The third-order valence-electron chi connectivity index (χ3n) is 3.64. The zero-order chi connectivity index (χ0) is 14.5. The summed E-state index contributed by atoms with van der Waals surface area (Å²) in [5.41, 5.74) is 0. The number of sulfonamides is 1. The van der Waals surface area contributed by atoms with Gasteiger partial charge in [-0.1, -0.05) is 13.3 Å². The van der Waals surface area contributed by atoms with Crippen molar-refractivity contribution in [3.8, 4) is 0 Å². The molecule has 0 N–H and O–H groups in total. The molecule has 1 fully saturated rings. The van der Waals surface area contributed by atoms with Crippen LogP contribution in [0, 0.1) is 5.92 Å². The summed E-state index contributed by atoms with van der Waals surface area (Å²) >= 11 is 0. The summed E-state index contributed by atoms with van der Waals surface area (Å²) in [5.74, 6) is 0.232. The lowest BCUT2D eigenvalue weighted by atomic mass is 9.92. The van der Waals surface area contributed by atoms with Crippen LogP contribution in [0.25, 0.3) is 0 Å². The molecule has 2 atom stereocenters. The molecule has 19 heavy (non-hydrogen) atoms. The van der Waals surface area contributed by atoms with Gasteiger partial charge in [-0.2, -0.15) is 0 Å². The molecular weight excluding hydrogens is 266 g/mol. The summed E-state index contributed by atoms with van der Waals surface area (Å²) in [4.78, 5) is 12.1. The van der Waals surface area contributed by atoms with E-state index >= 15 is 0 Å². The average Bonchev–Trinajstić information content (AvgIpc) is 2.35. The number of methoxy groups -OCH3 is 1. The van der Waals surface area contributed by atoms with Crippen molar-refractivity contribution in [2.24, 2.45) is 5.92 Å². The number of ether oxygens (including phenoxy) is 1. The summed E-state index contributed by atoms with van der Waals surface area (Å²) in [5, 5.41) is 0. The maximum Gasteiger partial charge on any atom is 0.211 e. The molecule has 0 aliphatic carbocycles. The number of hydrogen-bond acceptors (Lipinski definition) is 4. The standard InChI is InChI=1S/C13H25NO4S/c1-4-6-13(18-2)12(15)9-11-7-5-8-14(10-11)19(3,16)17/h11,13H,4-10H2,1-3H3. The van der Waals surface area contributed by atoms with E-state index in [9.17, 15) is 13.2 Å². The highest BCUT2D eigenvalue weighted by atomic mass is 32.2. The van der Waals surface area contributed by atoms with Gasteiger partial charge in [0, 0.05) is 26.6 Å². The number of carbonyl (C=O) groups is 1. The van der Waals surface area contributed by atoms with E-state index in [0.29, 0.717) is 19.5 Å². The smallest absolute Gasteiger partial charge is 0.211 e. The van der Waals surface area contributed by atoms with Gasteiger partial charge in [0.05, 0.1) is 6.26 Å². The van der Waals surface area contributed by atoms with E-state index in [4.69, 9.17) is 4.74 Å². The van der Waals surface area contributed by atoms with Crippen LogP contribution in [0.4, 0.5) is 0 Å². The molecule has 0 aromatic rings. The third kappa shape index (κ3) is 5.20.